The van der Waals surface area contributed by atoms with Crippen molar-refractivity contribution < 1.29 is 19.0 Å². The first-order valence-electron chi connectivity index (χ1n) is 8.36. The third-order valence-electron chi connectivity index (χ3n) is 4.35. The first-order chi connectivity index (χ1) is 13.0. The number of rotatable bonds is 6. The van der Waals surface area contributed by atoms with Crippen LogP contribution < -0.4 is 19.5 Å². The van der Waals surface area contributed by atoms with E-state index in [0.717, 1.165) is 11.2 Å². The van der Waals surface area contributed by atoms with Gasteiger partial charge in [0.2, 0.25) is 5.75 Å². The van der Waals surface area contributed by atoms with E-state index in [9.17, 15) is 4.79 Å². The van der Waals surface area contributed by atoms with E-state index in [1.807, 2.05) is 26.1 Å². The zero-order chi connectivity index (χ0) is 19.6. The fraction of sp³-hybridized carbons (Fsp3) is 0.316. The highest BCUT2D eigenvalue weighted by atomic mass is 16.5. The number of amides is 1. The van der Waals surface area contributed by atoms with Crippen molar-refractivity contribution in [3.05, 3.63) is 41.9 Å². The molecule has 27 heavy (non-hydrogen) atoms. The van der Waals surface area contributed by atoms with Gasteiger partial charge in [0.1, 0.15) is 5.52 Å². The van der Waals surface area contributed by atoms with E-state index in [4.69, 9.17) is 14.2 Å². The van der Waals surface area contributed by atoms with Crippen molar-refractivity contribution in [1.82, 2.24) is 19.9 Å². The van der Waals surface area contributed by atoms with Gasteiger partial charge >= 0.3 is 0 Å². The van der Waals surface area contributed by atoms with Gasteiger partial charge in [-0.25, -0.2) is 9.97 Å². The summed E-state index contributed by atoms with van der Waals surface area (Å²) in [5, 5.41) is 2.96. The Morgan fingerprint density at radius 3 is 2.33 bits per heavy atom. The van der Waals surface area contributed by atoms with Gasteiger partial charge in [-0.2, -0.15) is 0 Å². The van der Waals surface area contributed by atoms with Gasteiger partial charge in [-0.05, 0) is 30.7 Å². The molecule has 0 saturated heterocycles. The zero-order valence-corrected chi connectivity index (χ0v) is 15.9. The van der Waals surface area contributed by atoms with E-state index in [1.165, 1.54) is 0 Å². The molecule has 1 aromatic carbocycles. The largest absolute Gasteiger partial charge is 0.493 e. The van der Waals surface area contributed by atoms with Crippen LogP contribution in [-0.2, 0) is 7.05 Å². The molecule has 1 atom stereocenters. The lowest BCUT2D eigenvalue weighted by atomic mass is 10.1. The van der Waals surface area contributed by atoms with E-state index in [2.05, 4.69) is 15.3 Å². The smallest absolute Gasteiger partial charge is 0.253 e. The summed E-state index contributed by atoms with van der Waals surface area (Å²) in [6.07, 6.45) is 3.21. The molecule has 0 fully saturated rings. The third kappa shape index (κ3) is 3.51. The van der Waals surface area contributed by atoms with Crippen molar-refractivity contribution in [2.45, 2.75) is 13.0 Å². The van der Waals surface area contributed by atoms with Crippen molar-refractivity contribution in [2.75, 3.05) is 21.3 Å². The monoisotopic (exact) mass is 370 g/mol. The average molecular weight is 370 g/mol. The zero-order valence-electron chi connectivity index (χ0n) is 15.9. The number of nitrogens with one attached hydrogen (secondary N) is 1. The summed E-state index contributed by atoms with van der Waals surface area (Å²) >= 11 is 0. The second kappa shape index (κ2) is 7.53. The van der Waals surface area contributed by atoms with Crippen LogP contribution >= 0.6 is 0 Å². The van der Waals surface area contributed by atoms with Crippen LogP contribution in [0.1, 0.15) is 28.9 Å². The van der Waals surface area contributed by atoms with Crippen molar-refractivity contribution >= 4 is 17.1 Å². The Bertz CT molecular complexity index is 958. The molecule has 2 aromatic heterocycles. The number of pyridine rings is 1. The van der Waals surface area contributed by atoms with Crippen LogP contribution in [0.25, 0.3) is 11.2 Å². The van der Waals surface area contributed by atoms with Gasteiger partial charge < -0.3 is 24.1 Å². The predicted octanol–water partition coefficient (Wildman–Crippen LogP) is 2.49. The van der Waals surface area contributed by atoms with E-state index in [-0.39, 0.29) is 11.9 Å². The number of hydrogen-bond donors (Lipinski definition) is 1. The summed E-state index contributed by atoms with van der Waals surface area (Å²) in [7, 11) is 6.51. The fourth-order valence-corrected chi connectivity index (χ4v) is 2.86. The van der Waals surface area contributed by atoms with Crippen molar-refractivity contribution in [3.63, 3.8) is 0 Å². The molecular formula is C19H22N4O4. The quantitative estimate of drug-likeness (QED) is 0.717. The standard InChI is InChI=1S/C19H22N4O4/c1-11(12-7-15(25-3)17(27-5)16(8-12)26-4)22-19(24)13-6-14-18(20-9-13)23(2)10-21-14/h6-11H,1-5H3,(H,22,24). The summed E-state index contributed by atoms with van der Waals surface area (Å²) in [5.41, 5.74) is 2.67. The van der Waals surface area contributed by atoms with Gasteiger partial charge in [0, 0.05) is 13.2 Å². The van der Waals surface area contributed by atoms with Crippen LogP contribution in [0.5, 0.6) is 17.2 Å². The summed E-state index contributed by atoms with van der Waals surface area (Å²) in [4.78, 5) is 21.2. The molecule has 0 aliphatic rings. The number of carbonyl (C=O) groups is 1. The molecule has 2 heterocycles. The Labute approximate surface area is 157 Å². The van der Waals surface area contributed by atoms with Gasteiger partial charge in [-0.1, -0.05) is 0 Å². The minimum Gasteiger partial charge on any atom is -0.493 e. The molecule has 1 unspecified atom stereocenters. The number of aromatic nitrogens is 3. The molecule has 0 aliphatic heterocycles. The first kappa shape index (κ1) is 18.5. The Kier molecular flexibility index (Phi) is 5.16. The first-order valence-corrected chi connectivity index (χ1v) is 8.36. The molecule has 0 bridgehead atoms. The highest BCUT2D eigenvalue weighted by Gasteiger charge is 2.18. The molecule has 142 valence electrons. The number of hydrogen-bond acceptors (Lipinski definition) is 6. The molecule has 3 aromatic rings. The molecule has 0 radical (unpaired) electrons. The summed E-state index contributed by atoms with van der Waals surface area (Å²) in [6, 6.07) is 5.06. The van der Waals surface area contributed by atoms with Crippen molar-refractivity contribution in [3.8, 4) is 17.2 Å². The van der Waals surface area contributed by atoms with Crippen LogP contribution in [0, 0.1) is 0 Å². The third-order valence-corrected chi connectivity index (χ3v) is 4.35. The maximum absolute atomic E-state index is 12.6. The lowest BCUT2D eigenvalue weighted by Crippen LogP contribution is -2.26. The minimum atomic E-state index is -0.286. The molecule has 1 amide bonds. The highest BCUT2D eigenvalue weighted by molar-refractivity contribution is 5.96. The minimum absolute atomic E-state index is 0.240. The average Bonchev–Trinajstić information content (AvgIpc) is 3.06. The number of benzene rings is 1. The number of imidazole rings is 1. The number of aryl methyl sites for hydroxylation is 1. The van der Waals surface area contributed by atoms with E-state index < -0.39 is 0 Å². The Balaban J connectivity index is 1.85. The topological polar surface area (TPSA) is 87.5 Å². The summed E-state index contributed by atoms with van der Waals surface area (Å²) in [5.74, 6) is 1.33. The highest BCUT2D eigenvalue weighted by Crippen LogP contribution is 2.39. The Morgan fingerprint density at radius 2 is 1.74 bits per heavy atom. The lowest BCUT2D eigenvalue weighted by Gasteiger charge is -2.18. The predicted molar refractivity (Wildman–Crippen MR) is 100 cm³/mol. The number of carbonyl (C=O) groups excluding carboxylic acids is 1. The fourth-order valence-electron chi connectivity index (χ4n) is 2.86. The van der Waals surface area contributed by atoms with E-state index in [0.29, 0.717) is 28.3 Å². The molecule has 1 N–H and O–H groups in total. The van der Waals surface area contributed by atoms with Gasteiger partial charge in [0.25, 0.3) is 5.91 Å². The van der Waals surface area contributed by atoms with Crippen LogP contribution in [0.4, 0.5) is 0 Å². The van der Waals surface area contributed by atoms with Gasteiger partial charge in [0.05, 0.1) is 39.3 Å². The molecule has 0 saturated carbocycles. The van der Waals surface area contributed by atoms with Gasteiger partial charge in [0.15, 0.2) is 17.1 Å². The molecule has 8 heteroatoms. The molecule has 0 spiro atoms. The van der Waals surface area contributed by atoms with Crippen molar-refractivity contribution in [2.24, 2.45) is 7.05 Å². The molecule has 0 aliphatic carbocycles. The van der Waals surface area contributed by atoms with Crippen LogP contribution in [-0.4, -0.2) is 41.8 Å². The van der Waals surface area contributed by atoms with Gasteiger partial charge in [-0.15, -0.1) is 0 Å². The summed E-state index contributed by atoms with van der Waals surface area (Å²) in [6.45, 7) is 1.88. The Morgan fingerprint density at radius 1 is 1.07 bits per heavy atom. The SMILES string of the molecule is COc1cc(C(C)NC(=O)c2cnc3c(c2)ncn3C)cc(OC)c1OC. The molecule has 3 rings (SSSR count). The van der Waals surface area contributed by atoms with Crippen molar-refractivity contribution in [1.29, 1.82) is 0 Å². The van der Waals surface area contributed by atoms with Gasteiger partial charge in [-0.3, -0.25) is 4.79 Å². The Hall–Kier alpha value is -3.29. The maximum atomic E-state index is 12.6. The number of nitrogens with zero attached hydrogens (tertiary/aromatic N) is 3. The second-order valence-corrected chi connectivity index (χ2v) is 6.08. The molecule has 8 nitrogen and oxygen atoms in total. The van der Waals surface area contributed by atoms with Crippen LogP contribution in [0.3, 0.4) is 0 Å². The summed E-state index contributed by atoms with van der Waals surface area (Å²) < 4.78 is 17.9. The normalized spacial score (nSPS) is 11.9. The molecular weight excluding hydrogens is 348 g/mol. The van der Waals surface area contributed by atoms with E-state index >= 15 is 0 Å². The number of fused-ring (bicyclic) bond motifs is 1. The van der Waals surface area contributed by atoms with Crippen LogP contribution in [0.15, 0.2) is 30.7 Å². The van der Waals surface area contributed by atoms with E-state index in [1.54, 1.807) is 44.5 Å². The number of ether oxygens (including phenoxy) is 3. The number of methoxy groups -OCH3 is 3. The van der Waals surface area contributed by atoms with Crippen LogP contribution in [0.2, 0.25) is 0 Å². The second-order valence-electron chi connectivity index (χ2n) is 6.08. The lowest BCUT2D eigenvalue weighted by molar-refractivity contribution is 0.0939. The maximum Gasteiger partial charge on any atom is 0.253 e.